The molecule has 0 spiro atoms. The maximum Gasteiger partial charge on any atom is 0.264 e. The Hall–Kier alpha value is -3.70. The molecule has 2 aromatic carbocycles. The van der Waals surface area contributed by atoms with Crippen LogP contribution < -0.4 is 25.0 Å². The number of nitrogens with zero attached hydrogens (tertiary/aromatic N) is 3. The number of nitrogens with one attached hydrogen (secondary N) is 3. The first-order valence-electron chi connectivity index (χ1n) is 10.7. The third-order valence-electron chi connectivity index (χ3n) is 5.35. The fraction of sp³-hybridized carbons (Fsp3) is 0.261. The third-order valence-corrected chi connectivity index (χ3v) is 7.04. The average Bonchev–Trinajstić information content (AvgIpc) is 2.80. The SMILES string of the molecule is CCNS(=O)(=O)c1cc(Nc2ncc(C)c(Nc3ccc4c(c3)N(C)C(=O)CO4)n2)ccc1C. The normalized spacial score (nSPS) is 13.3. The molecule has 34 heavy (non-hydrogen) atoms. The van der Waals surface area contributed by atoms with Gasteiger partial charge in [0.15, 0.2) is 6.61 Å². The van der Waals surface area contributed by atoms with Gasteiger partial charge in [-0.15, -0.1) is 0 Å². The first-order valence-corrected chi connectivity index (χ1v) is 12.2. The maximum absolute atomic E-state index is 12.5. The number of fused-ring (bicyclic) bond motifs is 1. The quantitative estimate of drug-likeness (QED) is 0.469. The molecule has 0 aliphatic carbocycles. The van der Waals surface area contributed by atoms with Crippen LogP contribution in [0.4, 0.5) is 28.8 Å². The zero-order valence-electron chi connectivity index (χ0n) is 19.3. The van der Waals surface area contributed by atoms with Gasteiger partial charge in [-0.3, -0.25) is 4.79 Å². The van der Waals surface area contributed by atoms with Crippen LogP contribution in [0.2, 0.25) is 0 Å². The van der Waals surface area contributed by atoms with Crippen molar-refractivity contribution in [1.29, 1.82) is 0 Å². The Morgan fingerprint density at radius 2 is 1.79 bits per heavy atom. The number of aromatic nitrogens is 2. The molecule has 1 aromatic heterocycles. The van der Waals surface area contributed by atoms with Gasteiger partial charge in [0.25, 0.3) is 5.91 Å². The standard InChI is InChI=1S/C23H26N6O4S/c1-5-25-34(31,32)20-11-17(7-6-14(20)2)27-23-24-12-15(3)22(28-23)26-16-8-9-19-18(10-16)29(4)21(30)13-33-19/h6-12,25H,5,13H2,1-4H3,(H2,24,26,27,28). The Labute approximate surface area is 198 Å². The van der Waals surface area contributed by atoms with Crippen LogP contribution in [-0.2, 0) is 14.8 Å². The number of carbonyl (C=O) groups is 1. The van der Waals surface area contributed by atoms with E-state index in [2.05, 4.69) is 25.3 Å². The summed E-state index contributed by atoms with van der Waals surface area (Å²) in [6.07, 6.45) is 1.67. The van der Waals surface area contributed by atoms with Crippen molar-refractivity contribution >= 4 is 44.8 Å². The summed E-state index contributed by atoms with van der Waals surface area (Å²) in [5, 5.41) is 6.33. The lowest BCUT2D eigenvalue weighted by molar-refractivity contribution is -0.120. The molecule has 2 heterocycles. The van der Waals surface area contributed by atoms with E-state index in [4.69, 9.17) is 4.74 Å². The molecule has 0 radical (unpaired) electrons. The number of rotatable bonds is 7. The van der Waals surface area contributed by atoms with Crippen molar-refractivity contribution in [2.45, 2.75) is 25.7 Å². The predicted octanol–water partition coefficient (Wildman–Crippen LogP) is 3.23. The van der Waals surface area contributed by atoms with E-state index in [1.165, 1.54) is 0 Å². The van der Waals surface area contributed by atoms with Crippen LogP contribution in [0.25, 0.3) is 0 Å². The molecule has 11 heteroatoms. The van der Waals surface area contributed by atoms with Crippen LogP contribution in [0.3, 0.4) is 0 Å². The first-order chi connectivity index (χ1) is 16.2. The van der Waals surface area contributed by atoms with Crippen LogP contribution >= 0.6 is 0 Å². The summed E-state index contributed by atoms with van der Waals surface area (Å²) in [6.45, 7) is 5.67. The van der Waals surface area contributed by atoms with E-state index in [-0.39, 0.29) is 17.4 Å². The van der Waals surface area contributed by atoms with Crippen LogP contribution in [0, 0.1) is 13.8 Å². The van der Waals surface area contributed by atoms with Crippen molar-refractivity contribution in [2.75, 3.05) is 35.7 Å². The van der Waals surface area contributed by atoms with Crippen molar-refractivity contribution < 1.29 is 17.9 Å². The minimum atomic E-state index is -3.61. The monoisotopic (exact) mass is 482 g/mol. The van der Waals surface area contributed by atoms with Gasteiger partial charge in [-0.05, 0) is 49.7 Å². The highest BCUT2D eigenvalue weighted by atomic mass is 32.2. The number of carbonyl (C=O) groups excluding carboxylic acids is 1. The van der Waals surface area contributed by atoms with E-state index in [1.54, 1.807) is 56.3 Å². The Balaban J connectivity index is 1.59. The van der Waals surface area contributed by atoms with E-state index in [9.17, 15) is 13.2 Å². The molecule has 10 nitrogen and oxygen atoms in total. The molecule has 1 aliphatic rings. The van der Waals surface area contributed by atoms with Crippen LogP contribution in [0.15, 0.2) is 47.5 Å². The van der Waals surface area contributed by atoms with Gasteiger partial charge < -0.3 is 20.3 Å². The Bertz CT molecular complexity index is 1360. The van der Waals surface area contributed by atoms with Crippen LogP contribution in [0.1, 0.15) is 18.1 Å². The Morgan fingerprint density at radius 1 is 1.06 bits per heavy atom. The topological polar surface area (TPSA) is 126 Å². The first kappa shape index (κ1) is 23.5. The van der Waals surface area contributed by atoms with E-state index in [0.717, 1.165) is 11.3 Å². The van der Waals surface area contributed by atoms with Crippen molar-refractivity contribution in [2.24, 2.45) is 0 Å². The molecule has 3 aromatic rings. The smallest absolute Gasteiger partial charge is 0.264 e. The maximum atomic E-state index is 12.5. The molecule has 0 saturated carbocycles. The number of anilines is 5. The molecular weight excluding hydrogens is 456 g/mol. The number of sulfonamides is 1. The fourth-order valence-electron chi connectivity index (χ4n) is 3.48. The summed E-state index contributed by atoms with van der Waals surface area (Å²) in [4.78, 5) is 22.6. The van der Waals surface area contributed by atoms with Crippen molar-refractivity contribution in [3.8, 4) is 5.75 Å². The van der Waals surface area contributed by atoms with Gasteiger partial charge in [0, 0.05) is 36.7 Å². The van der Waals surface area contributed by atoms with Gasteiger partial charge in [-0.25, -0.2) is 18.1 Å². The average molecular weight is 483 g/mol. The number of hydrogen-bond donors (Lipinski definition) is 3. The van der Waals surface area contributed by atoms with Gasteiger partial charge in [-0.1, -0.05) is 13.0 Å². The number of likely N-dealkylation sites (N-methyl/N-ethyl adjacent to an activating group) is 1. The largest absolute Gasteiger partial charge is 0.482 e. The lowest BCUT2D eigenvalue weighted by atomic mass is 10.2. The number of hydrogen-bond acceptors (Lipinski definition) is 8. The predicted molar refractivity (Wildman–Crippen MR) is 131 cm³/mol. The second-order valence-electron chi connectivity index (χ2n) is 7.88. The molecule has 3 N–H and O–H groups in total. The summed E-state index contributed by atoms with van der Waals surface area (Å²) >= 11 is 0. The molecule has 0 fully saturated rings. The van der Waals surface area contributed by atoms with Gasteiger partial charge in [0.1, 0.15) is 11.6 Å². The minimum Gasteiger partial charge on any atom is -0.482 e. The summed E-state index contributed by atoms with van der Waals surface area (Å²) in [7, 11) is -1.90. The van der Waals surface area contributed by atoms with Gasteiger partial charge in [-0.2, -0.15) is 4.98 Å². The van der Waals surface area contributed by atoms with Crippen molar-refractivity contribution in [3.63, 3.8) is 0 Å². The van der Waals surface area contributed by atoms with Crippen LogP contribution in [0.5, 0.6) is 5.75 Å². The lowest BCUT2D eigenvalue weighted by Gasteiger charge is -2.26. The van der Waals surface area contributed by atoms with Gasteiger partial charge in [0.2, 0.25) is 16.0 Å². The van der Waals surface area contributed by atoms with Gasteiger partial charge >= 0.3 is 0 Å². The number of benzene rings is 2. The summed E-state index contributed by atoms with van der Waals surface area (Å²) in [5.41, 5.74) is 3.39. The second kappa shape index (κ2) is 9.27. The third kappa shape index (κ3) is 4.80. The minimum absolute atomic E-state index is 0.0207. The highest BCUT2D eigenvalue weighted by Gasteiger charge is 2.22. The van der Waals surface area contributed by atoms with E-state index >= 15 is 0 Å². The fourth-order valence-corrected chi connectivity index (χ4v) is 4.79. The van der Waals surface area contributed by atoms with E-state index in [0.29, 0.717) is 41.0 Å². The van der Waals surface area contributed by atoms with Gasteiger partial charge in [0.05, 0.1) is 10.6 Å². The Morgan fingerprint density at radius 3 is 2.56 bits per heavy atom. The van der Waals surface area contributed by atoms with Crippen molar-refractivity contribution in [3.05, 3.63) is 53.7 Å². The van der Waals surface area contributed by atoms with Crippen LogP contribution in [-0.4, -0.2) is 44.5 Å². The Kier molecular flexibility index (Phi) is 6.40. The molecule has 0 bridgehead atoms. The number of ether oxygens (including phenoxy) is 1. The van der Waals surface area contributed by atoms with E-state index in [1.807, 2.05) is 19.1 Å². The molecule has 4 rings (SSSR count). The zero-order valence-corrected chi connectivity index (χ0v) is 20.2. The lowest BCUT2D eigenvalue weighted by Crippen LogP contribution is -2.35. The van der Waals surface area contributed by atoms with E-state index < -0.39 is 10.0 Å². The molecule has 0 unspecified atom stereocenters. The molecule has 1 aliphatic heterocycles. The highest BCUT2D eigenvalue weighted by Crippen LogP contribution is 2.34. The summed E-state index contributed by atoms with van der Waals surface area (Å²) in [5.74, 6) is 1.38. The molecular formula is C23H26N6O4S. The number of aryl methyl sites for hydroxylation is 2. The number of amides is 1. The second-order valence-corrected chi connectivity index (χ2v) is 9.62. The molecule has 0 atom stereocenters. The summed E-state index contributed by atoms with van der Waals surface area (Å²) < 4.78 is 33.0. The molecule has 1 amide bonds. The highest BCUT2D eigenvalue weighted by molar-refractivity contribution is 7.89. The van der Waals surface area contributed by atoms with Crippen molar-refractivity contribution in [1.82, 2.24) is 14.7 Å². The summed E-state index contributed by atoms with van der Waals surface area (Å²) in [6, 6.07) is 10.5. The molecule has 0 saturated heterocycles. The zero-order chi connectivity index (χ0) is 24.5. The molecule has 178 valence electrons.